The van der Waals surface area contributed by atoms with Crippen molar-refractivity contribution in [3.63, 3.8) is 0 Å². The Kier molecular flexibility index (Phi) is 5.34. The number of nitrogens with one attached hydrogen (secondary N) is 1. The second-order valence-corrected chi connectivity index (χ2v) is 5.17. The fraction of sp³-hybridized carbons (Fsp3) is 0.444. The summed E-state index contributed by atoms with van der Waals surface area (Å²) in [6, 6.07) is 0. The van der Waals surface area contributed by atoms with Crippen molar-refractivity contribution in [2.75, 3.05) is 18.1 Å². The van der Waals surface area contributed by atoms with Crippen LogP contribution in [0.2, 0.25) is 5.15 Å². The normalized spacial score (nSPS) is 12.1. The van der Waals surface area contributed by atoms with Crippen molar-refractivity contribution in [2.45, 2.75) is 6.92 Å². The van der Waals surface area contributed by atoms with Gasteiger partial charge >= 0.3 is 0 Å². The van der Waals surface area contributed by atoms with Gasteiger partial charge < -0.3 is 5.32 Å². The SMILES string of the molecule is CCS(=O)CCNC(=O)c1cncc(Cl)n1. The topological polar surface area (TPSA) is 72.0 Å². The number of aromatic nitrogens is 2. The average Bonchev–Trinajstić information content (AvgIpc) is 2.28. The van der Waals surface area contributed by atoms with Gasteiger partial charge in [-0.05, 0) is 0 Å². The minimum atomic E-state index is -0.881. The van der Waals surface area contributed by atoms with E-state index in [2.05, 4.69) is 15.3 Å². The molecule has 0 aliphatic rings. The van der Waals surface area contributed by atoms with E-state index in [4.69, 9.17) is 11.6 Å². The first-order valence-corrected chi connectivity index (χ1v) is 6.60. The molecule has 1 amide bonds. The van der Waals surface area contributed by atoms with Crippen LogP contribution < -0.4 is 5.32 Å². The van der Waals surface area contributed by atoms with E-state index in [-0.39, 0.29) is 16.8 Å². The number of hydrogen-bond acceptors (Lipinski definition) is 4. The zero-order chi connectivity index (χ0) is 12.0. The van der Waals surface area contributed by atoms with Crippen LogP contribution in [0.15, 0.2) is 12.4 Å². The van der Waals surface area contributed by atoms with Gasteiger partial charge in [0.1, 0.15) is 10.8 Å². The molecular weight excluding hydrogens is 250 g/mol. The summed E-state index contributed by atoms with van der Waals surface area (Å²) in [5, 5.41) is 2.77. The average molecular weight is 262 g/mol. The van der Waals surface area contributed by atoms with Crippen LogP contribution in [0.3, 0.4) is 0 Å². The van der Waals surface area contributed by atoms with Gasteiger partial charge in [0.25, 0.3) is 5.91 Å². The first-order chi connectivity index (χ1) is 7.63. The van der Waals surface area contributed by atoms with Crippen molar-refractivity contribution in [1.29, 1.82) is 0 Å². The second kappa shape index (κ2) is 6.55. The maximum atomic E-state index is 11.5. The van der Waals surface area contributed by atoms with Crippen molar-refractivity contribution in [2.24, 2.45) is 0 Å². The van der Waals surface area contributed by atoms with Crippen LogP contribution in [-0.2, 0) is 10.8 Å². The zero-order valence-electron chi connectivity index (χ0n) is 8.77. The Morgan fingerprint density at radius 2 is 2.31 bits per heavy atom. The van der Waals surface area contributed by atoms with E-state index >= 15 is 0 Å². The van der Waals surface area contributed by atoms with Crippen LogP contribution in [0.5, 0.6) is 0 Å². The number of carbonyl (C=O) groups is 1. The minimum Gasteiger partial charge on any atom is -0.350 e. The molecular formula is C9H12ClN3O2S. The molecule has 1 heterocycles. The highest BCUT2D eigenvalue weighted by molar-refractivity contribution is 7.84. The molecule has 1 aromatic rings. The number of carbonyl (C=O) groups excluding carboxylic acids is 1. The van der Waals surface area contributed by atoms with Crippen molar-refractivity contribution in [3.05, 3.63) is 23.2 Å². The quantitative estimate of drug-likeness (QED) is 0.844. The van der Waals surface area contributed by atoms with Gasteiger partial charge in [0, 0.05) is 28.9 Å². The van der Waals surface area contributed by atoms with E-state index < -0.39 is 10.8 Å². The molecule has 0 radical (unpaired) electrons. The van der Waals surface area contributed by atoms with Crippen molar-refractivity contribution < 1.29 is 9.00 Å². The largest absolute Gasteiger partial charge is 0.350 e. The molecule has 1 unspecified atom stereocenters. The Bertz CT molecular complexity index is 400. The first-order valence-electron chi connectivity index (χ1n) is 4.74. The highest BCUT2D eigenvalue weighted by Gasteiger charge is 2.07. The Hall–Kier alpha value is -1.01. The van der Waals surface area contributed by atoms with Gasteiger partial charge in [-0.15, -0.1) is 0 Å². The predicted molar refractivity (Wildman–Crippen MR) is 62.9 cm³/mol. The summed E-state index contributed by atoms with van der Waals surface area (Å²) in [6.45, 7) is 2.19. The van der Waals surface area contributed by atoms with E-state index in [1.807, 2.05) is 6.92 Å². The van der Waals surface area contributed by atoms with Gasteiger partial charge in [0.2, 0.25) is 0 Å². The molecule has 88 valence electrons. The predicted octanol–water partition coefficient (Wildman–Crippen LogP) is 0.628. The Morgan fingerprint density at radius 1 is 1.56 bits per heavy atom. The minimum absolute atomic E-state index is 0.162. The summed E-state index contributed by atoms with van der Waals surface area (Å²) in [5.41, 5.74) is 0.162. The first kappa shape index (κ1) is 13.1. The van der Waals surface area contributed by atoms with Crippen molar-refractivity contribution in [1.82, 2.24) is 15.3 Å². The molecule has 16 heavy (non-hydrogen) atoms. The van der Waals surface area contributed by atoms with E-state index in [9.17, 15) is 9.00 Å². The van der Waals surface area contributed by atoms with Crippen molar-refractivity contribution >= 4 is 28.3 Å². The summed E-state index contributed by atoms with van der Waals surface area (Å²) in [5.74, 6) is 0.673. The molecule has 1 N–H and O–H groups in total. The molecule has 0 spiro atoms. The third-order valence-corrected chi connectivity index (χ3v) is 3.26. The lowest BCUT2D eigenvalue weighted by atomic mass is 10.4. The number of hydrogen-bond donors (Lipinski definition) is 1. The monoisotopic (exact) mass is 261 g/mol. The Labute approximate surface area is 101 Å². The molecule has 0 saturated carbocycles. The standard InChI is InChI=1S/C9H12ClN3O2S/c1-2-16(15)4-3-12-9(14)7-5-11-6-8(10)13-7/h5-6H,2-4H2,1H3,(H,12,14). The summed E-state index contributed by atoms with van der Waals surface area (Å²) in [4.78, 5) is 19.1. The highest BCUT2D eigenvalue weighted by Crippen LogP contribution is 2.01. The maximum absolute atomic E-state index is 11.5. The van der Waals surface area contributed by atoms with E-state index in [0.717, 1.165) is 0 Å². The molecule has 0 aliphatic carbocycles. The molecule has 1 atom stereocenters. The van der Waals surface area contributed by atoms with Crippen LogP contribution in [0.25, 0.3) is 0 Å². The number of amides is 1. The molecule has 7 heteroatoms. The molecule has 1 aromatic heterocycles. The highest BCUT2D eigenvalue weighted by atomic mass is 35.5. The number of halogens is 1. The van der Waals surface area contributed by atoms with Gasteiger partial charge in [-0.25, -0.2) is 4.98 Å². The van der Waals surface area contributed by atoms with E-state index in [1.165, 1.54) is 12.4 Å². The lowest BCUT2D eigenvalue weighted by molar-refractivity contribution is 0.0951. The van der Waals surface area contributed by atoms with Crippen LogP contribution in [0.1, 0.15) is 17.4 Å². The van der Waals surface area contributed by atoms with Gasteiger partial charge in [-0.1, -0.05) is 18.5 Å². The van der Waals surface area contributed by atoms with Gasteiger partial charge in [0.05, 0.1) is 12.4 Å². The van der Waals surface area contributed by atoms with Crippen LogP contribution in [-0.4, -0.2) is 38.1 Å². The van der Waals surface area contributed by atoms with E-state index in [1.54, 1.807) is 0 Å². The second-order valence-electron chi connectivity index (χ2n) is 2.92. The molecule has 0 aliphatic heterocycles. The number of nitrogens with zero attached hydrogens (tertiary/aromatic N) is 2. The maximum Gasteiger partial charge on any atom is 0.271 e. The summed E-state index contributed by atoms with van der Waals surface area (Å²) in [6.07, 6.45) is 2.68. The van der Waals surface area contributed by atoms with E-state index in [0.29, 0.717) is 18.1 Å². The summed E-state index contributed by atoms with van der Waals surface area (Å²) < 4.78 is 11.1. The summed E-state index contributed by atoms with van der Waals surface area (Å²) in [7, 11) is -0.881. The lowest BCUT2D eigenvalue weighted by Crippen LogP contribution is -2.28. The Morgan fingerprint density at radius 3 is 2.94 bits per heavy atom. The zero-order valence-corrected chi connectivity index (χ0v) is 10.3. The molecule has 1 rings (SSSR count). The molecule has 5 nitrogen and oxygen atoms in total. The smallest absolute Gasteiger partial charge is 0.271 e. The van der Waals surface area contributed by atoms with Crippen LogP contribution in [0.4, 0.5) is 0 Å². The molecule has 0 fully saturated rings. The number of rotatable bonds is 5. The van der Waals surface area contributed by atoms with Crippen LogP contribution >= 0.6 is 11.6 Å². The summed E-state index contributed by atoms with van der Waals surface area (Å²) >= 11 is 5.59. The van der Waals surface area contributed by atoms with Crippen molar-refractivity contribution in [3.8, 4) is 0 Å². The van der Waals surface area contributed by atoms with Gasteiger partial charge in [-0.3, -0.25) is 14.0 Å². The van der Waals surface area contributed by atoms with Gasteiger partial charge in [0.15, 0.2) is 0 Å². The van der Waals surface area contributed by atoms with Gasteiger partial charge in [-0.2, -0.15) is 0 Å². The third kappa shape index (κ3) is 4.24. The molecule has 0 bridgehead atoms. The fourth-order valence-electron chi connectivity index (χ4n) is 0.965. The molecule has 0 aromatic carbocycles. The van der Waals surface area contributed by atoms with Crippen LogP contribution in [0, 0.1) is 0 Å². The molecule has 0 saturated heterocycles. The third-order valence-electron chi connectivity index (χ3n) is 1.78. The fourth-order valence-corrected chi connectivity index (χ4v) is 1.73. The lowest BCUT2D eigenvalue weighted by Gasteiger charge is -2.03. The Balaban J connectivity index is 2.44.